The summed E-state index contributed by atoms with van der Waals surface area (Å²) in [6, 6.07) is 2.38. The molecule has 0 radical (unpaired) electrons. The van der Waals surface area contributed by atoms with E-state index in [2.05, 4.69) is 9.88 Å². The minimum Gasteiger partial charge on any atom is -0.381 e. The predicted molar refractivity (Wildman–Crippen MR) is 116 cm³/mol. The van der Waals surface area contributed by atoms with Gasteiger partial charge in [-0.3, -0.25) is 14.7 Å². The van der Waals surface area contributed by atoms with E-state index in [0.29, 0.717) is 37.8 Å². The second-order valence-electron chi connectivity index (χ2n) is 8.48. The number of carbonyl (C=O) groups is 1. The molecular formula is C21H34N4O4S. The molecular weight excluding hydrogens is 404 g/mol. The number of rotatable bonds is 7. The Balaban J connectivity index is 1.69. The molecule has 2 aliphatic heterocycles. The second kappa shape index (κ2) is 10.2. The Hall–Kier alpha value is -1.55. The van der Waals surface area contributed by atoms with Gasteiger partial charge in [-0.15, -0.1) is 0 Å². The first-order valence-electron chi connectivity index (χ1n) is 10.7. The van der Waals surface area contributed by atoms with Gasteiger partial charge in [-0.2, -0.15) is 0 Å². The van der Waals surface area contributed by atoms with Crippen LogP contribution in [-0.4, -0.2) is 98.2 Å². The molecule has 2 saturated heterocycles. The number of sulfonamides is 1. The van der Waals surface area contributed by atoms with Crippen LogP contribution in [0.5, 0.6) is 0 Å². The van der Waals surface area contributed by atoms with Crippen LogP contribution in [0.4, 0.5) is 0 Å². The summed E-state index contributed by atoms with van der Waals surface area (Å²) in [5.41, 5.74) is 1.55. The molecule has 9 heteroatoms. The number of aryl methyl sites for hydroxylation is 1. The maximum Gasteiger partial charge on any atom is 0.255 e. The van der Waals surface area contributed by atoms with Crippen molar-refractivity contribution in [2.75, 3.05) is 52.7 Å². The Bertz CT molecular complexity index is 826. The molecule has 1 aromatic heterocycles. The summed E-state index contributed by atoms with van der Waals surface area (Å²) in [4.78, 5) is 21.1. The molecule has 3 rings (SSSR count). The third-order valence-corrected chi connectivity index (χ3v) is 7.39. The molecule has 8 nitrogen and oxygen atoms in total. The number of likely N-dealkylation sites (N-methyl/N-ethyl adjacent to an activating group) is 1. The fraction of sp³-hybridized carbons (Fsp3) is 0.714. The third-order valence-electron chi connectivity index (χ3n) is 6.12. The molecule has 0 bridgehead atoms. The van der Waals surface area contributed by atoms with E-state index in [1.54, 1.807) is 21.6 Å². The number of hydrogen-bond donors (Lipinski definition) is 0. The van der Waals surface area contributed by atoms with E-state index in [9.17, 15) is 13.2 Å². The summed E-state index contributed by atoms with van der Waals surface area (Å²) < 4.78 is 31.3. The van der Waals surface area contributed by atoms with Gasteiger partial charge in [-0.05, 0) is 44.2 Å². The molecule has 0 saturated carbocycles. The van der Waals surface area contributed by atoms with Gasteiger partial charge in [0.15, 0.2) is 0 Å². The molecule has 168 valence electrons. The van der Waals surface area contributed by atoms with Crippen LogP contribution >= 0.6 is 0 Å². The molecule has 1 atom stereocenters. The molecule has 3 heterocycles. The number of ether oxygens (including phenoxy) is 1. The Morgan fingerprint density at radius 2 is 1.93 bits per heavy atom. The first-order valence-corrected chi connectivity index (χ1v) is 12.6. The maximum absolute atomic E-state index is 12.8. The van der Waals surface area contributed by atoms with Crippen molar-refractivity contribution in [2.45, 2.75) is 44.7 Å². The summed E-state index contributed by atoms with van der Waals surface area (Å²) in [5, 5.41) is 0. The Labute approximate surface area is 180 Å². The van der Waals surface area contributed by atoms with Crippen LogP contribution < -0.4 is 0 Å². The zero-order valence-corrected chi connectivity index (χ0v) is 19.1. The number of hydrogen-bond acceptors (Lipinski definition) is 6. The number of piperidine rings is 1. The van der Waals surface area contributed by atoms with E-state index in [1.807, 2.05) is 20.0 Å². The fourth-order valence-electron chi connectivity index (χ4n) is 4.43. The number of aromatic nitrogens is 1. The summed E-state index contributed by atoms with van der Waals surface area (Å²) in [6.07, 6.45) is 8.34. The summed E-state index contributed by atoms with van der Waals surface area (Å²) in [5.74, 6) is -0.0421. The molecule has 0 spiro atoms. The van der Waals surface area contributed by atoms with E-state index >= 15 is 0 Å². The Morgan fingerprint density at radius 1 is 1.20 bits per heavy atom. The van der Waals surface area contributed by atoms with Crippen LogP contribution in [0.25, 0.3) is 0 Å². The summed E-state index contributed by atoms with van der Waals surface area (Å²) in [6.45, 7) is 5.80. The van der Waals surface area contributed by atoms with Crippen LogP contribution in [0, 0.1) is 6.92 Å². The first-order chi connectivity index (χ1) is 14.3. The van der Waals surface area contributed by atoms with Crippen molar-refractivity contribution in [1.82, 2.24) is 19.1 Å². The zero-order valence-electron chi connectivity index (χ0n) is 18.3. The van der Waals surface area contributed by atoms with E-state index in [1.165, 1.54) is 6.26 Å². The Kier molecular flexibility index (Phi) is 7.84. The Morgan fingerprint density at radius 3 is 2.60 bits per heavy atom. The van der Waals surface area contributed by atoms with Crippen LogP contribution in [0.2, 0.25) is 0 Å². The average Bonchev–Trinajstić information content (AvgIpc) is 2.73. The summed E-state index contributed by atoms with van der Waals surface area (Å²) >= 11 is 0. The van der Waals surface area contributed by atoms with Gasteiger partial charge in [0, 0.05) is 70.9 Å². The van der Waals surface area contributed by atoms with E-state index < -0.39 is 10.0 Å². The highest BCUT2D eigenvalue weighted by Gasteiger charge is 2.34. The van der Waals surface area contributed by atoms with Crippen molar-refractivity contribution in [1.29, 1.82) is 0 Å². The highest BCUT2D eigenvalue weighted by Crippen LogP contribution is 2.24. The number of amides is 1. The molecule has 1 aromatic rings. The monoisotopic (exact) mass is 438 g/mol. The van der Waals surface area contributed by atoms with Crippen molar-refractivity contribution < 1.29 is 17.9 Å². The fourth-order valence-corrected chi connectivity index (χ4v) is 5.34. The quantitative estimate of drug-likeness (QED) is 0.639. The molecule has 30 heavy (non-hydrogen) atoms. The normalized spacial score (nSPS) is 21.7. The third kappa shape index (κ3) is 6.00. The molecule has 1 amide bonds. The smallest absolute Gasteiger partial charge is 0.255 e. The SMILES string of the molecule is Cc1cncc(C(=O)N(C)CCN(C2CCOCC2)C2CCCN(S(C)(=O)=O)C2)c1. The van der Waals surface area contributed by atoms with Crippen molar-refractivity contribution >= 4 is 15.9 Å². The largest absolute Gasteiger partial charge is 0.381 e. The zero-order chi connectivity index (χ0) is 21.7. The van der Waals surface area contributed by atoms with Gasteiger partial charge in [-0.1, -0.05) is 0 Å². The topological polar surface area (TPSA) is 83.1 Å². The van der Waals surface area contributed by atoms with Gasteiger partial charge >= 0.3 is 0 Å². The lowest BCUT2D eigenvalue weighted by Gasteiger charge is -2.44. The van der Waals surface area contributed by atoms with Gasteiger partial charge < -0.3 is 9.64 Å². The lowest BCUT2D eigenvalue weighted by molar-refractivity contribution is 0.00319. The molecule has 0 N–H and O–H groups in total. The molecule has 2 fully saturated rings. The highest BCUT2D eigenvalue weighted by molar-refractivity contribution is 7.88. The van der Waals surface area contributed by atoms with Gasteiger partial charge in [0.25, 0.3) is 5.91 Å². The maximum atomic E-state index is 12.8. The molecule has 1 unspecified atom stereocenters. The van der Waals surface area contributed by atoms with Gasteiger partial charge in [0.05, 0.1) is 11.8 Å². The minimum atomic E-state index is -3.20. The van der Waals surface area contributed by atoms with Crippen molar-refractivity contribution in [3.8, 4) is 0 Å². The predicted octanol–water partition coefficient (Wildman–Crippen LogP) is 1.37. The van der Waals surface area contributed by atoms with Crippen molar-refractivity contribution in [2.24, 2.45) is 0 Å². The van der Waals surface area contributed by atoms with E-state index in [0.717, 1.165) is 44.5 Å². The first kappa shape index (κ1) is 23.1. The lowest BCUT2D eigenvalue weighted by Crippen LogP contribution is -2.55. The highest BCUT2D eigenvalue weighted by atomic mass is 32.2. The van der Waals surface area contributed by atoms with E-state index in [-0.39, 0.29) is 11.9 Å². The van der Waals surface area contributed by atoms with Crippen molar-refractivity contribution in [3.63, 3.8) is 0 Å². The molecule has 0 aliphatic carbocycles. The van der Waals surface area contributed by atoms with Crippen LogP contribution in [-0.2, 0) is 14.8 Å². The molecule has 0 aromatic carbocycles. The standard InChI is InChI=1S/C21H34N4O4S/c1-17-13-18(15-22-14-17)21(26)23(2)9-10-25(19-6-11-29-12-7-19)20-5-4-8-24(16-20)30(3,27)28/h13-15,19-20H,4-12,16H2,1-3H3. The van der Waals surface area contributed by atoms with Crippen LogP contribution in [0.15, 0.2) is 18.5 Å². The van der Waals surface area contributed by atoms with E-state index in [4.69, 9.17) is 4.74 Å². The molecule has 2 aliphatic rings. The van der Waals surface area contributed by atoms with Gasteiger partial charge in [-0.25, -0.2) is 12.7 Å². The average molecular weight is 439 g/mol. The van der Waals surface area contributed by atoms with Gasteiger partial charge in [0.1, 0.15) is 0 Å². The lowest BCUT2D eigenvalue weighted by atomic mass is 9.99. The van der Waals surface area contributed by atoms with Crippen molar-refractivity contribution in [3.05, 3.63) is 29.6 Å². The number of carbonyl (C=O) groups excluding carboxylic acids is 1. The van der Waals surface area contributed by atoms with Gasteiger partial charge in [0.2, 0.25) is 10.0 Å². The minimum absolute atomic E-state index is 0.0421. The van der Waals surface area contributed by atoms with Crippen LogP contribution in [0.1, 0.15) is 41.6 Å². The number of nitrogens with zero attached hydrogens (tertiary/aromatic N) is 4. The van der Waals surface area contributed by atoms with Crippen LogP contribution in [0.3, 0.4) is 0 Å². The second-order valence-corrected chi connectivity index (χ2v) is 10.5. The summed E-state index contributed by atoms with van der Waals surface area (Å²) in [7, 11) is -1.38. The number of pyridine rings is 1.